The van der Waals surface area contributed by atoms with Crippen molar-refractivity contribution in [2.75, 3.05) is 13.2 Å². The smallest absolute Gasteiger partial charge is 0.335 e. The van der Waals surface area contributed by atoms with Gasteiger partial charge in [0.15, 0.2) is 0 Å². The first-order valence-electron chi connectivity index (χ1n) is 7.48. The van der Waals surface area contributed by atoms with E-state index >= 15 is 0 Å². The Labute approximate surface area is 136 Å². The van der Waals surface area contributed by atoms with Crippen LogP contribution >= 0.6 is 7.60 Å². The minimum atomic E-state index is -3.10. The predicted molar refractivity (Wildman–Crippen MR) is 89.2 cm³/mol. The summed E-state index contributed by atoms with van der Waals surface area (Å²) in [5.41, 5.74) is 0.855. The van der Waals surface area contributed by atoms with Gasteiger partial charge in [0.25, 0.3) is 0 Å². The molecule has 23 heavy (non-hydrogen) atoms. The van der Waals surface area contributed by atoms with E-state index in [4.69, 9.17) is 13.8 Å². The van der Waals surface area contributed by atoms with Gasteiger partial charge < -0.3 is 18.9 Å². The van der Waals surface area contributed by atoms with Gasteiger partial charge in [0.1, 0.15) is 17.2 Å². The van der Waals surface area contributed by atoms with Crippen molar-refractivity contribution in [2.24, 2.45) is 0 Å². The zero-order chi connectivity index (χ0) is 16.7. The lowest BCUT2D eigenvalue weighted by Crippen LogP contribution is -1.99. The van der Waals surface area contributed by atoms with E-state index in [1.54, 1.807) is 50.2 Å². The number of rotatable bonds is 8. The molecule has 0 amide bonds. The summed E-state index contributed by atoms with van der Waals surface area (Å²) in [6.45, 7) is 4.28. The van der Waals surface area contributed by atoms with Crippen LogP contribution in [0, 0.1) is 0 Å². The van der Waals surface area contributed by atoms with Crippen LogP contribution in [0.4, 0.5) is 0 Å². The molecule has 0 aromatic heterocycles. The molecule has 0 atom stereocenters. The molecule has 2 rings (SSSR count). The van der Waals surface area contributed by atoms with Crippen molar-refractivity contribution >= 4 is 7.60 Å². The number of hydrogen-bond donors (Lipinski definition) is 1. The third-order valence-corrected chi connectivity index (χ3v) is 5.08. The summed E-state index contributed by atoms with van der Waals surface area (Å²) in [6.07, 6.45) is 0.230. The fourth-order valence-electron chi connectivity index (χ4n) is 2.06. The highest BCUT2D eigenvalue weighted by molar-refractivity contribution is 7.53. The van der Waals surface area contributed by atoms with Crippen LogP contribution in [0.1, 0.15) is 19.4 Å². The number of phenols is 1. The van der Waals surface area contributed by atoms with E-state index in [1.807, 2.05) is 12.1 Å². The molecule has 6 heteroatoms. The molecule has 0 radical (unpaired) electrons. The van der Waals surface area contributed by atoms with Gasteiger partial charge in [0, 0.05) is 0 Å². The van der Waals surface area contributed by atoms with Gasteiger partial charge in [0.05, 0.1) is 19.4 Å². The summed E-state index contributed by atoms with van der Waals surface area (Å²) in [6, 6.07) is 13.7. The monoisotopic (exact) mass is 336 g/mol. The molecule has 0 bridgehead atoms. The maximum Gasteiger partial charge on any atom is 0.335 e. The zero-order valence-electron chi connectivity index (χ0n) is 13.3. The third kappa shape index (κ3) is 5.39. The van der Waals surface area contributed by atoms with Gasteiger partial charge >= 0.3 is 7.60 Å². The summed E-state index contributed by atoms with van der Waals surface area (Å²) in [5.74, 6) is 1.47. The Morgan fingerprint density at radius 3 is 1.83 bits per heavy atom. The van der Waals surface area contributed by atoms with Crippen molar-refractivity contribution in [1.82, 2.24) is 0 Å². The van der Waals surface area contributed by atoms with E-state index in [9.17, 15) is 9.67 Å². The second-order valence-electron chi connectivity index (χ2n) is 4.84. The van der Waals surface area contributed by atoms with Crippen molar-refractivity contribution in [1.29, 1.82) is 0 Å². The molecule has 5 nitrogen and oxygen atoms in total. The van der Waals surface area contributed by atoms with E-state index in [1.165, 1.54) is 0 Å². The van der Waals surface area contributed by atoms with Crippen LogP contribution < -0.4 is 4.74 Å². The lowest BCUT2D eigenvalue weighted by molar-refractivity contribution is 0.219. The van der Waals surface area contributed by atoms with Crippen molar-refractivity contribution < 1.29 is 23.5 Å². The molecule has 0 spiro atoms. The molecule has 0 aliphatic carbocycles. The first-order valence-corrected chi connectivity index (χ1v) is 9.21. The molecule has 1 N–H and O–H groups in total. The van der Waals surface area contributed by atoms with Crippen LogP contribution in [0.2, 0.25) is 0 Å². The first kappa shape index (κ1) is 17.5. The van der Waals surface area contributed by atoms with Crippen LogP contribution in [0.3, 0.4) is 0 Å². The molecule has 0 aliphatic rings. The molecule has 0 saturated heterocycles. The summed E-state index contributed by atoms with van der Waals surface area (Å²) in [7, 11) is -3.10. The number of hydrogen-bond acceptors (Lipinski definition) is 5. The summed E-state index contributed by atoms with van der Waals surface area (Å²) >= 11 is 0. The summed E-state index contributed by atoms with van der Waals surface area (Å²) in [4.78, 5) is 0. The molecule has 0 heterocycles. The Morgan fingerprint density at radius 1 is 0.870 bits per heavy atom. The molecular weight excluding hydrogens is 315 g/mol. The Bertz CT molecular complexity index is 642. The fraction of sp³-hybridized carbons (Fsp3) is 0.294. The highest BCUT2D eigenvalue weighted by Gasteiger charge is 2.23. The molecule has 0 saturated carbocycles. The van der Waals surface area contributed by atoms with E-state index in [0.717, 1.165) is 5.56 Å². The number of benzene rings is 2. The van der Waals surface area contributed by atoms with Gasteiger partial charge in [-0.1, -0.05) is 12.1 Å². The highest BCUT2D eigenvalue weighted by atomic mass is 31.2. The molecule has 0 aliphatic heterocycles. The number of ether oxygens (including phenoxy) is 1. The van der Waals surface area contributed by atoms with Crippen LogP contribution in [0.15, 0.2) is 48.5 Å². The van der Waals surface area contributed by atoms with Crippen LogP contribution in [0.5, 0.6) is 17.2 Å². The molecule has 0 fully saturated rings. The van der Waals surface area contributed by atoms with E-state index in [2.05, 4.69) is 0 Å². The molecular formula is C17H21O5P. The molecule has 124 valence electrons. The zero-order valence-corrected chi connectivity index (χ0v) is 14.2. The van der Waals surface area contributed by atoms with E-state index in [0.29, 0.717) is 24.7 Å². The van der Waals surface area contributed by atoms with Crippen molar-refractivity contribution in [3.63, 3.8) is 0 Å². The molecule has 2 aromatic carbocycles. The van der Waals surface area contributed by atoms with Gasteiger partial charge in [-0.2, -0.15) is 0 Å². The van der Waals surface area contributed by atoms with Crippen molar-refractivity contribution in [3.8, 4) is 17.2 Å². The van der Waals surface area contributed by atoms with E-state index in [-0.39, 0.29) is 11.9 Å². The quantitative estimate of drug-likeness (QED) is 0.691. The summed E-state index contributed by atoms with van der Waals surface area (Å²) < 4.78 is 28.7. The second-order valence-corrected chi connectivity index (χ2v) is 6.90. The van der Waals surface area contributed by atoms with Crippen LogP contribution in [-0.2, 0) is 19.8 Å². The molecule has 0 unspecified atom stereocenters. The van der Waals surface area contributed by atoms with Crippen molar-refractivity contribution in [3.05, 3.63) is 54.1 Å². The highest BCUT2D eigenvalue weighted by Crippen LogP contribution is 2.51. The molecule has 2 aromatic rings. The Balaban J connectivity index is 2.03. The van der Waals surface area contributed by atoms with Gasteiger partial charge in [-0.05, 0) is 55.8 Å². The SMILES string of the molecule is CCOP(=O)(Cc1ccc(Oc2ccc(O)cc2)cc1)OCC. The third-order valence-electron chi connectivity index (χ3n) is 3.02. The predicted octanol–water partition coefficient (Wildman–Crippen LogP) is 4.95. The lowest BCUT2D eigenvalue weighted by atomic mass is 10.2. The van der Waals surface area contributed by atoms with Crippen LogP contribution in [-0.4, -0.2) is 18.3 Å². The Kier molecular flexibility index (Phi) is 6.22. The fourth-order valence-corrected chi connectivity index (χ4v) is 3.76. The maximum atomic E-state index is 12.5. The Hall–Kier alpha value is -1.81. The van der Waals surface area contributed by atoms with Gasteiger partial charge in [-0.25, -0.2) is 0 Å². The number of aromatic hydroxyl groups is 1. The minimum Gasteiger partial charge on any atom is -0.508 e. The van der Waals surface area contributed by atoms with E-state index < -0.39 is 7.60 Å². The number of phenolic OH excluding ortho intramolecular Hbond substituents is 1. The largest absolute Gasteiger partial charge is 0.508 e. The van der Waals surface area contributed by atoms with Crippen LogP contribution in [0.25, 0.3) is 0 Å². The van der Waals surface area contributed by atoms with Crippen molar-refractivity contribution in [2.45, 2.75) is 20.0 Å². The van der Waals surface area contributed by atoms with Gasteiger partial charge in [-0.3, -0.25) is 4.57 Å². The standard InChI is InChI=1S/C17H21O5P/c1-3-20-23(19,21-4-2)13-14-5-9-16(10-6-14)22-17-11-7-15(18)8-12-17/h5-12,18H,3-4,13H2,1-2H3. The maximum absolute atomic E-state index is 12.5. The average Bonchev–Trinajstić information content (AvgIpc) is 2.52. The lowest BCUT2D eigenvalue weighted by Gasteiger charge is -2.17. The average molecular weight is 336 g/mol. The second kappa shape index (κ2) is 8.16. The van der Waals surface area contributed by atoms with Gasteiger partial charge in [-0.15, -0.1) is 0 Å². The normalized spacial score (nSPS) is 11.4. The minimum absolute atomic E-state index is 0.190. The topological polar surface area (TPSA) is 65.0 Å². The summed E-state index contributed by atoms with van der Waals surface area (Å²) in [5, 5.41) is 9.25. The Morgan fingerprint density at radius 2 is 1.35 bits per heavy atom. The van der Waals surface area contributed by atoms with Gasteiger partial charge in [0.2, 0.25) is 0 Å². The first-order chi connectivity index (χ1) is 11.0.